The molecule has 2 atom stereocenters. The summed E-state index contributed by atoms with van der Waals surface area (Å²) in [6.45, 7) is 3.79. The van der Waals surface area contributed by atoms with Gasteiger partial charge in [-0.3, -0.25) is 18.6 Å². The molecule has 0 aliphatic rings. The fourth-order valence-electron chi connectivity index (χ4n) is 10.5. The van der Waals surface area contributed by atoms with Crippen LogP contribution in [-0.4, -0.2) is 49.3 Å². The standard InChI is InChI=1S/C71H134NO8P/c1-3-5-7-9-11-13-15-17-19-21-23-25-27-29-31-33-34-36-38-40-42-44-46-48-50-52-54-56-58-60-62-64-71(74)80-69(68-79-81(75,76)78-66-65-72)67-77-70(73)63-61-59-57-55-53-51-49-47-45-43-41-39-37-35-32-30-28-26-24-22-20-18-16-14-12-10-8-6-4-2/h15-18,21-24,69H,3-14,19-20,25-68,72H2,1-2H3,(H,75,76)/b17-15-,18-16-,23-21-,24-22-. The van der Waals surface area contributed by atoms with E-state index < -0.39 is 26.5 Å². The Morgan fingerprint density at radius 3 is 0.938 bits per heavy atom. The molecule has 10 heteroatoms. The number of allylic oxidation sites excluding steroid dienone is 8. The third kappa shape index (κ3) is 67.0. The number of hydrogen-bond acceptors (Lipinski definition) is 8. The number of carbonyl (C=O) groups excluding carboxylic acids is 2. The van der Waals surface area contributed by atoms with E-state index in [0.717, 1.165) is 44.9 Å². The molecule has 0 aliphatic heterocycles. The van der Waals surface area contributed by atoms with Gasteiger partial charge in [-0.1, -0.05) is 319 Å². The monoisotopic (exact) mass is 1160 g/mol. The number of esters is 2. The number of unbranched alkanes of at least 4 members (excludes halogenated alkanes) is 46. The molecule has 0 fully saturated rings. The number of phosphoric acid groups is 1. The molecule has 81 heavy (non-hydrogen) atoms. The van der Waals surface area contributed by atoms with Gasteiger partial charge >= 0.3 is 19.8 Å². The van der Waals surface area contributed by atoms with Crippen LogP contribution in [0.3, 0.4) is 0 Å². The second kappa shape index (κ2) is 67.1. The lowest BCUT2D eigenvalue weighted by atomic mass is 10.0. The highest BCUT2D eigenvalue weighted by Gasteiger charge is 2.26. The van der Waals surface area contributed by atoms with E-state index in [1.807, 2.05) is 0 Å². The third-order valence-corrected chi connectivity index (χ3v) is 16.7. The Morgan fingerprint density at radius 1 is 0.370 bits per heavy atom. The predicted octanol–water partition coefficient (Wildman–Crippen LogP) is 22.9. The van der Waals surface area contributed by atoms with Crippen molar-refractivity contribution in [3.63, 3.8) is 0 Å². The Bertz CT molecular complexity index is 1470. The average molecular weight is 1160 g/mol. The summed E-state index contributed by atoms with van der Waals surface area (Å²) in [6, 6.07) is 0. The topological polar surface area (TPSA) is 134 Å². The van der Waals surface area contributed by atoms with E-state index in [9.17, 15) is 19.0 Å². The molecule has 0 aromatic rings. The molecule has 3 N–H and O–H groups in total. The maximum absolute atomic E-state index is 12.8. The molecule has 0 heterocycles. The maximum Gasteiger partial charge on any atom is 0.472 e. The first-order valence-corrected chi connectivity index (χ1v) is 36.6. The first-order valence-electron chi connectivity index (χ1n) is 35.1. The minimum absolute atomic E-state index is 0.0551. The molecule has 0 spiro atoms. The van der Waals surface area contributed by atoms with E-state index in [1.165, 1.54) is 283 Å². The zero-order valence-corrected chi connectivity index (χ0v) is 54.4. The van der Waals surface area contributed by atoms with Gasteiger partial charge in [0.1, 0.15) is 6.61 Å². The average Bonchev–Trinajstić information content (AvgIpc) is 3.46. The molecule has 0 saturated carbocycles. The first-order chi connectivity index (χ1) is 39.8. The smallest absolute Gasteiger partial charge is 0.462 e. The van der Waals surface area contributed by atoms with Gasteiger partial charge in [0.25, 0.3) is 0 Å². The number of carbonyl (C=O) groups is 2. The maximum atomic E-state index is 12.8. The van der Waals surface area contributed by atoms with Crippen molar-refractivity contribution in [2.24, 2.45) is 5.73 Å². The van der Waals surface area contributed by atoms with Crippen LogP contribution >= 0.6 is 7.82 Å². The lowest BCUT2D eigenvalue weighted by Gasteiger charge is -2.19. The number of nitrogens with two attached hydrogens (primary N) is 1. The first kappa shape index (κ1) is 79.0. The molecule has 0 aliphatic carbocycles. The molecule has 0 aromatic heterocycles. The van der Waals surface area contributed by atoms with E-state index >= 15 is 0 Å². The highest BCUT2D eigenvalue weighted by Crippen LogP contribution is 2.43. The lowest BCUT2D eigenvalue weighted by molar-refractivity contribution is -0.161. The zero-order valence-electron chi connectivity index (χ0n) is 53.5. The van der Waals surface area contributed by atoms with Crippen LogP contribution in [0.15, 0.2) is 48.6 Å². The van der Waals surface area contributed by atoms with Crippen molar-refractivity contribution in [2.45, 2.75) is 367 Å². The predicted molar refractivity (Wildman–Crippen MR) is 349 cm³/mol. The van der Waals surface area contributed by atoms with Crippen molar-refractivity contribution in [3.05, 3.63) is 48.6 Å². The summed E-state index contributed by atoms with van der Waals surface area (Å²) in [4.78, 5) is 35.4. The summed E-state index contributed by atoms with van der Waals surface area (Å²) in [5, 5.41) is 0. The Kier molecular flexibility index (Phi) is 65.4. The Morgan fingerprint density at radius 2 is 0.642 bits per heavy atom. The molecule has 0 amide bonds. The van der Waals surface area contributed by atoms with Crippen LogP contribution in [0, 0.1) is 0 Å². The number of ether oxygens (including phenoxy) is 2. The van der Waals surface area contributed by atoms with E-state index in [1.54, 1.807) is 0 Å². The van der Waals surface area contributed by atoms with Gasteiger partial charge in [-0.15, -0.1) is 0 Å². The highest BCUT2D eigenvalue weighted by atomic mass is 31.2. The molecular formula is C71H134NO8P. The van der Waals surface area contributed by atoms with Gasteiger partial charge in [0, 0.05) is 19.4 Å². The molecular weight excluding hydrogens is 1030 g/mol. The molecule has 0 saturated heterocycles. The number of rotatable bonds is 67. The summed E-state index contributed by atoms with van der Waals surface area (Å²) in [6.07, 6.45) is 84.9. The van der Waals surface area contributed by atoms with Crippen LogP contribution < -0.4 is 5.73 Å². The number of hydrogen-bond donors (Lipinski definition) is 2. The van der Waals surface area contributed by atoms with Crippen LogP contribution in [0.25, 0.3) is 0 Å². The van der Waals surface area contributed by atoms with E-state index in [2.05, 4.69) is 62.5 Å². The van der Waals surface area contributed by atoms with Gasteiger partial charge in [0.05, 0.1) is 13.2 Å². The fourth-order valence-corrected chi connectivity index (χ4v) is 11.2. The van der Waals surface area contributed by atoms with E-state index in [4.69, 9.17) is 24.3 Å². The van der Waals surface area contributed by atoms with Crippen molar-refractivity contribution in [2.75, 3.05) is 26.4 Å². The van der Waals surface area contributed by atoms with E-state index in [-0.39, 0.29) is 38.6 Å². The summed E-state index contributed by atoms with van der Waals surface area (Å²) >= 11 is 0. The minimum atomic E-state index is -4.39. The van der Waals surface area contributed by atoms with E-state index in [0.29, 0.717) is 6.42 Å². The van der Waals surface area contributed by atoms with Crippen LogP contribution in [0.4, 0.5) is 0 Å². The van der Waals surface area contributed by atoms with Gasteiger partial charge in [0.2, 0.25) is 0 Å². The molecule has 0 rings (SSSR count). The van der Waals surface area contributed by atoms with Gasteiger partial charge in [-0.25, -0.2) is 4.57 Å². The van der Waals surface area contributed by atoms with Crippen LogP contribution in [0.5, 0.6) is 0 Å². The van der Waals surface area contributed by atoms with Gasteiger partial charge < -0.3 is 20.1 Å². The minimum Gasteiger partial charge on any atom is -0.462 e. The molecule has 0 radical (unpaired) electrons. The van der Waals surface area contributed by atoms with Crippen LogP contribution in [0.2, 0.25) is 0 Å². The third-order valence-electron chi connectivity index (χ3n) is 15.7. The summed E-state index contributed by atoms with van der Waals surface area (Å²) in [5.74, 6) is -0.808. The Balaban J connectivity index is 3.83. The van der Waals surface area contributed by atoms with Crippen molar-refractivity contribution < 1.29 is 37.6 Å². The lowest BCUT2D eigenvalue weighted by Crippen LogP contribution is -2.29. The van der Waals surface area contributed by atoms with Crippen molar-refractivity contribution >= 4 is 19.8 Å². The van der Waals surface area contributed by atoms with Gasteiger partial charge in [-0.05, 0) is 77.0 Å². The largest absolute Gasteiger partial charge is 0.472 e. The normalized spacial score (nSPS) is 13.2. The summed E-state index contributed by atoms with van der Waals surface area (Å²) < 4.78 is 33.2. The highest BCUT2D eigenvalue weighted by molar-refractivity contribution is 7.47. The second-order valence-corrected chi connectivity index (χ2v) is 25.2. The molecule has 2 unspecified atom stereocenters. The number of phosphoric ester groups is 1. The van der Waals surface area contributed by atoms with Gasteiger partial charge in [0.15, 0.2) is 6.10 Å². The fraction of sp³-hybridized carbons (Fsp3) is 0.859. The van der Waals surface area contributed by atoms with Crippen molar-refractivity contribution in [1.29, 1.82) is 0 Å². The summed E-state index contributed by atoms with van der Waals surface area (Å²) in [7, 11) is -4.39. The van der Waals surface area contributed by atoms with Crippen molar-refractivity contribution in [3.8, 4) is 0 Å². The Labute approximate surface area is 502 Å². The zero-order chi connectivity index (χ0) is 58.7. The molecule has 476 valence electrons. The SMILES string of the molecule is CCCCCCC/C=C\C/C=C\CCCCCCCCCCCCCCCCCCCCCC(=O)OC(COC(=O)CCCCCCCCCCCCCCCCCCC/C=C\C/C=C\CCCCCCC)COP(=O)(O)OCCN. The van der Waals surface area contributed by atoms with Crippen molar-refractivity contribution in [1.82, 2.24) is 0 Å². The van der Waals surface area contributed by atoms with Gasteiger partial charge in [-0.2, -0.15) is 0 Å². The quantitative estimate of drug-likeness (QED) is 0.0264. The van der Waals surface area contributed by atoms with Crippen LogP contribution in [-0.2, 0) is 32.7 Å². The summed E-state index contributed by atoms with van der Waals surface area (Å²) in [5.41, 5.74) is 5.40. The molecule has 0 aromatic carbocycles. The Hall–Kier alpha value is -2.03. The molecule has 9 nitrogen and oxygen atoms in total. The second-order valence-electron chi connectivity index (χ2n) is 23.7. The van der Waals surface area contributed by atoms with Crippen LogP contribution in [0.1, 0.15) is 361 Å². The molecule has 0 bridgehead atoms.